The van der Waals surface area contributed by atoms with Crippen LogP contribution in [0.4, 0.5) is 0 Å². The van der Waals surface area contributed by atoms with E-state index in [1.54, 1.807) is 12.1 Å². The van der Waals surface area contributed by atoms with Gasteiger partial charge < -0.3 is 0 Å². The Bertz CT molecular complexity index is 326. The van der Waals surface area contributed by atoms with E-state index in [-0.39, 0.29) is 5.91 Å². The lowest BCUT2D eigenvalue weighted by Crippen LogP contribution is -2.11. The van der Waals surface area contributed by atoms with Crippen molar-refractivity contribution in [3.05, 3.63) is 35.4 Å². The second kappa shape index (κ2) is 3.74. The fourth-order valence-electron chi connectivity index (χ4n) is 0.751. The first kappa shape index (κ1) is 8.57. The molecule has 0 aliphatic carbocycles. The highest BCUT2D eigenvalue weighted by atomic mass is 35.5. The minimum atomic E-state index is -0.374. The average molecular weight is 181 g/mol. The molecule has 1 rings (SSSR count). The van der Waals surface area contributed by atoms with Gasteiger partial charge in [0.25, 0.3) is 5.91 Å². The van der Waals surface area contributed by atoms with Gasteiger partial charge in [-0.25, -0.2) is 0 Å². The molecule has 0 heterocycles. The van der Waals surface area contributed by atoms with E-state index in [0.29, 0.717) is 11.1 Å². The molecule has 0 unspecified atom stereocenters. The molecule has 0 fully saturated rings. The van der Waals surface area contributed by atoms with E-state index in [4.69, 9.17) is 17.0 Å². The summed E-state index contributed by atoms with van der Waals surface area (Å²) in [7, 11) is 0. The zero-order chi connectivity index (χ0) is 8.97. The zero-order valence-electron chi connectivity index (χ0n) is 6.04. The van der Waals surface area contributed by atoms with Gasteiger partial charge >= 0.3 is 0 Å². The molecule has 4 heteroatoms. The second-order valence-corrected chi connectivity index (χ2v) is 2.30. The van der Waals surface area contributed by atoms with Crippen LogP contribution in [-0.4, -0.2) is 5.91 Å². The monoisotopic (exact) mass is 180 g/mol. The highest BCUT2D eigenvalue weighted by Gasteiger charge is 2.01. The molecule has 0 spiro atoms. The molecule has 0 aliphatic heterocycles. The van der Waals surface area contributed by atoms with Crippen LogP contribution in [0.3, 0.4) is 0 Å². The minimum absolute atomic E-state index is 0.374. The van der Waals surface area contributed by atoms with Crippen LogP contribution < -0.4 is 4.84 Å². The average Bonchev–Trinajstić information content (AvgIpc) is 2.17. The van der Waals surface area contributed by atoms with E-state index < -0.39 is 0 Å². The second-order valence-electron chi connectivity index (χ2n) is 2.11. The van der Waals surface area contributed by atoms with E-state index in [0.717, 1.165) is 0 Å². The van der Waals surface area contributed by atoms with E-state index in [2.05, 4.69) is 0 Å². The molecule has 0 aromatic heterocycles. The smallest absolute Gasteiger partial charge is 0.265 e. The number of nitriles is 1. The molecule has 60 valence electrons. The van der Waals surface area contributed by atoms with Crippen LogP contribution >= 0.6 is 11.8 Å². The van der Waals surface area contributed by atoms with Crippen LogP contribution in [0, 0.1) is 11.3 Å². The number of hydrogen-bond acceptors (Lipinski definition) is 2. The Morgan fingerprint density at radius 2 is 2.00 bits per heavy atom. The number of hydrogen-bond donors (Lipinski definition) is 1. The topological polar surface area (TPSA) is 52.9 Å². The molecule has 0 saturated carbocycles. The van der Waals surface area contributed by atoms with Crippen molar-refractivity contribution in [3.8, 4) is 6.07 Å². The Morgan fingerprint density at radius 3 is 2.42 bits per heavy atom. The summed E-state index contributed by atoms with van der Waals surface area (Å²) >= 11 is 5.10. The Labute approximate surface area is 74.7 Å². The summed E-state index contributed by atoms with van der Waals surface area (Å²) in [6, 6.07) is 8.14. The summed E-state index contributed by atoms with van der Waals surface area (Å²) in [4.78, 5) is 12.9. The quantitative estimate of drug-likeness (QED) is 0.665. The highest BCUT2D eigenvalue weighted by molar-refractivity contribution is 6.24. The van der Waals surface area contributed by atoms with Crippen molar-refractivity contribution in [2.24, 2.45) is 0 Å². The molecule has 1 aromatic rings. The lowest BCUT2D eigenvalue weighted by atomic mass is 10.1. The summed E-state index contributed by atoms with van der Waals surface area (Å²) in [5, 5.41) is 8.45. The van der Waals surface area contributed by atoms with Crippen molar-refractivity contribution in [1.82, 2.24) is 4.84 Å². The fourth-order valence-corrected chi connectivity index (χ4v) is 0.860. The predicted molar refractivity (Wildman–Crippen MR) is 44.5 cm³/mol. The standard InChI is InChI=1S/C8H5ClN2O/c9-11-8(12)7-3-1-6(5-10)2-4-7/h1-4H,(H,11,12). The molecule has 0 saturated heterocycles. The summed E-state index contributed by atoms with van der Waals surface area (Å²) in [6.45, 7) is 0. The van der Waals surface area contributed by atoms with Gasteiger partial charge in [-0.15, -0.1) is 0 Å². The molecular weight excluding hydrogens is 176 g/mol. The summed E-state index contributed by atoms with van der Waals surface area (Å²) in [6.07, 6.45) is 0. The Morgan fingerprint density at radius 1 is 1.42 bits per heavy atom. The maximum atomic E-state index is 10.9. The van der Waals surface area contributed by atoms with Gasteiger partial charge in [-0.3, -0.25) is 9.63 Å². The third-order valence-corrected chi connectivity index (χ3v) is 1.53. The first-order valence-electron chi connectivity index (χ1n) is 3.19. The van der Waals surface area contributed by atoms with Crippen LogP contribution in [-0.2, 0) is 0 Å². The third-order valence-electron chi connectivity index (χ3n) is 1.36. The number of nitrogens with zero attached hydrogens (tertiary/aromatic N) is 1. The largest absolute Gasteiger partial charge is 0.268 e. The van der Waals surface area contributed by atoms with Gasteiger partial charge in [0, 0.05) is 17.3 Å². The zero-order valence-corrected chi connectivity index (χ0v) is 6.80. The van der Waals surface area contributed by atoms with Crippen molar-refractivity contribution < 1.29 is 4.79 Å². The predicted octanol–water partition coefficient (Wildman–Crippen LogP) is 1.44. The van der Waals surface area contributed by atoms with Crippen LogP contribution in [0.25, 0.3) is 0 Å². The molecular formula is C8H5ClN2O. The van der Waals surface area contributed by atoms with Crippen LogP contribution in [0.15, 0.2) is 24.3 Å². The molecule has 0 atom stereocenters. The molecule has 0 aliphatic rings. The fraction of sp³-hybridized carbons (Fsp3) is 0. The Kier molecular flexibility index (Phi) is 2.67. The Balaban J connectivity index is 2.94. The molecule has 12 heavy (non-hydrogen) atoms. The van der Waals surface area contributed by atoms with Gasteiger partial charge in [0.1, 0.15) is 0 Å². The van der Waals surface area contributed by atoms with Gasteiger partial charge in [-0.1, -0.05) is 0 Å². The van der Waals surface area contributed by atoms with Gasteiger partial charge in [-0.05, 0) is 24.3 Å². The molecule has 1 amide bonds. The van der Waals surface area contributed by atoms with Gasteiger partial charge in [0.15, 0.2) is 0 Å². The van der Waals surface area contributed by atoms with E-state index in [1.807, 2.05) is 10.9 Å². The third kappa shape index (κ3) is 1.74. The Hall–Kier alpha value is -1.53. The summed E-state index contributed by atoms with van der Waals surface area (Å²) in [5.41, 5.74) is 0.949. The van der Waals surface area contributed by atoms with Crippen LogP contribution in [0.5, 0.6) is 0 Å². The molecule has 1 aromatic carbocycles. The number of nitrogens with one attached hydrogen (secondary N) is 1. The van der Waals surface area contributed by atoms with Crippen molar-refractivity contribution in [2.45, 2.75) is 0 Å². The van der Waals surface area contributed by atoms with Gasteiger partial charge in [-0.2, -0.15) is 5.26 Å². The molecule has 1 N–H and O–H groups in total. The molecule has 0 radical (unpaired) electrons. The first-order valence-corrected chi connectivity index (χ1v) is 3.57. The van der Waals surface area contributed by atoms with Gasteiger partial charge in [0.2, 0.25) is 0 Å². The van der Waals surface area contributed by atoms with Crippen LogP contribution in [0.1, 0.15) is 15.9 Å². The molecule has 0 bridgehead atoms. The number of rotatable bonds is 1. The highest BCUT2D eigenvalue weighted by Crippen LogP contribution is 2.02. The van der Waals surface area contributed by atoms with Crippen molar-refractivity contribution in [3.63, 3.8) is 0 Å². The number of carbonyl (C=O) groups excluding carboxylic acids is 1. The summed E-state index contributed by atoms with van der Waals surface area (Å²) < 4.78 is 0. The van der Waals surface area contributed by atoms with E-state index in [1.165, 1.54) is 12.1 Å². The van der Waals surface area contributed by atoms with Crippen molar-refractivity contribution in [1.29, 1.82) is 5.26 Å². The lowest BCUT2D eigenvalue weighted by Gasteiger charge is -1.95. The normalized spacial score (nSPS) is 8.67. The first-order chi connectivity index (χ1) is 5.77. The van der Waals surface area contributed by atoms with E-state index >= 15 is 0 Å². The minimum Gasteiger partial charge on any atom is -0.268 e. The van der Waals surface area contributed by atoms with Crippen LogP contribution in [0.2, 0.25) is 0 Å². The number of halogens is 1. The number of carbonyl (C=O) groups is 1. The van der Waals surface area contributed by atoms with Gasteiger partial charge in [0.05, 0.1) is 11.6 Å². The van der Waals surface area contributed by atoms with Crippen molar-refractivity contribution >= 4 is 17.7 Å². The van der Waals surface area contributed by atoms with E-state index in [9.17, 15) is 4.79 Å². The maximum absolute atomic E-state index is 10.9. The lowest BCUT2D eigenvalue weighted by molar-refractivity contribution is 0.0982. The number of amides is 1. The molecule has 3 nitrogen and oxygen atoms in total. The maximum Gasteiger partial charge on any atom is 0.265 e. The van der Waals surface area contributed by atoms with Crippen molar-refractivity contribution in [2.75, 3.05) is 0 Å². The number of benzene rings is 1. The SMILES string of the molecule is N#Cc1ccc(C(=O)NCl)cc1. The summed E-state index contributed by atoms with van der Waals surface area (Å²) in [5.74, 6) is -0.374.